The molecule has 29 heavy (non-hydrogen) atoms. The first-order valence-corrected chi connectivity index (χ1v) is 10.0. The van der Waals surface area contributed by atoms with E-state index in [4.69, 9.17) is 4.74 Å². The fourth-order valence-electron chi connectivity index (χ4n) is 3.48. The Morgan fingerprint density at radius 2 is 1.93 bits per heavy atom. The molecule has 0 aliphatic carbocycles. The number of aryl methyl sites for hydroxylation is 1. The molecule has 0 spiro atoms. The molecule has 1 aromatic heterocycles. The summed E-state index contributed by atoms with van der Waals surface area (Å²) in [6, 6.07) is 9.34. The third kappa shape index (κ3) is 5.90. The van der Waals surface area contributed by atoms with Crippen molar-refractivity contribution in [3.63, 3.8) is 0 Å². The van der Waals surface area contributed by atoms with Gasteiger partial charge in [-0.2, -0.15) is 0 Å². The van der Waals surface area contributed by atoms with Crippen molar-refractivity contribution in [2.24, 2.45) is 4.99 Å². The van der Waals surface area contributed by atoms with Gasteiger partial charge in [-0.05, 0) is 42.7 Å². The van der Waals surface area contributed by atoms with Crippen molar-refractivity contribution in [3.05, 3.63) is 59.2 Å². The predicted octanol–water partition coefficient (Wildman–Crippen LogP) is 2.47. The third-order valence-corrected chi connectivity index (χ3v) is 5.18. The molecule has 1 aliphatic heterocycles. The predicted molar refractivity (Wildman–Crippen MR) is 114 cm³/mol. The average Bonchev–Trinajstić information content (AvgIpc) is 2.73. The van der Waals surface area contributed by atoms with E-state index in [1.165, 1.54) is 12.7 Å². The molecule has 6 nitrogen and oxygen atoms in total. The number of aliphatic imine (C=N–C) groups is 1. The van der Waals surface area contributed by atoms with Gasteiger partial charge in [0.25, 0.3) is 0 Å². The van der Waals surface area contributed by atoms with Crippen LogP contribution in [0.15, 0.2) is 41.5 Å². The SMILES string of the molecule is CN=C(NCCc1ccc(C)nc1)N1CCN(Cc2ccc(OC)c(F)c2)CC1. The molecule has 1 aliphatic rings. The fourth-order valence-corrected chi connectivity index (χ4v) is 3.48. The van der Waals surface area contributed by atoms with Gasteiger partial charge in [-0.25, -0.2) is 4.39 Å². The number of halogens is 1. The maximum Gasteiger partial charge on any atom is 0.193 e. The summed E-state index contributed by atoms with van der Waals surface area (Å²) in [7, 11) is 3.30. The monoisotopic (exact) mass is 399 g/mol. The minimum absolute atomic E-state index is 0.287. The van der Waals surface area contributed by atoms with E-state index in [1.54, 1.807) is 12.1 Å². The van der Waals surface area contributed by atoms with Crippen LogP contribution in [0.2, 0.25) is 0 Å². The number of aromatic nitrogens is 1. The molecule has 0 bridgehead atoms. The Morgan fingerprint density at radius 1 is 1.17 bits per heavy atom. The highest BCUT2D eigenvalue weighted by Crippen LogP contribution is 2.19. The van der Waals surface area contributed by atoms with E-state index < -0.39 is 0 Å². The van der Waals surface area contributed by atoms with Crippen molar-refractivity contribution >= 4 is 5.96 Å². The van der Waals surface area contributed by atoms with Gasteiger partial charge in [-0.15, -0.1) is 0 Å². The number of methoxy groups -OCH3 is 1. The van der Waals surface area contributed by atoms with Gasteiger partial charge >= 0.3 is 0 Å². The Morgan fingerprint density at radius 3 is 2.55 bits per heavy atom. The summed E-state index contributed by atoms with van der Waals surface area (Å²) >= 11 is 0. The molecule has 1 fully saturated rings. The number of benzene rings is 1. The molecule has 2 heterocycles. The van der Waals surface area contributed by atoms with E-state index >= 15 is 0 Å². The second-order valence-electron chi connectivity index (χ2n) is 7.26. The number of piperazine rings is 1. The van der Waals surface area contributed by atoms with Crippen molar-refractivity contribution in [1.82, 2.24) is 20.1 Å². The van der Waals surface area contributed by atoms with Crippen LogP contribution in [-0.2, 0) is 13.0 Å². The van der Waals surface area contributed by atoms with Crippen molar-refractivity contribution in [2.75, 3.05) is 46.9 Å². The number of hydrogen-bond acceptors (Lipinski definition) is 4. The number of nitrogens with one attached hydrogen (secondary N) is 1. The highest BCUT2D eigenvalue weighted by Gasteiger charge is 2.20. The largest absolute Gasteiger partial charge is 0.494 e. The topological polar surface area (TPSA) is 53.0 Å². The first-order chi connectivity index (χ1) is 14.1. The summed E-state index contributed by atoms with van der Waals surface area (Å²) in [5, 5.41) is 3.45. The van der Waals surface area contributed by atoms with E-state index in [2.05, 4.69) is 31.2 Å². The van der Waals surface area contributed by atoms with Crippen LogP contribution in [0.25, 0.3) is 0 Å². The Hall–Kier alpha value is -2.67. The van der Waals surface area contributed by atoms with Crippen molar-refractivity contribution in [2.45, 2.75) is 19.9 Å². The number of hydrogen-bond donors (Lipinski definition) is 1. The molecule has 1 aromatic carbocycles. The van der Waals surface area contributed by atoms with Gasteiger partial charge in [0.15, 0.2) is 17.5 Å². The van der Waals surface area contributed by atoms with Crippen LogP contribution < -0.4 is 10.1 Å². The van der Waals surface area contributed by atoms with Crippen LogP contribution in [0.4, 0.5) is 4.39 Å². The van der Waals surface area contributed by atoms with Gasteiger partial charge in [0, 0.05) is 58.2 Å². The Labute approximate surface area is 172 Å². The third-order valence-electron chi connectivity index (χ3n) is 5.18. The lowest BCUT2D eigenvalue weighted by Crippen LogP contribution is -2.52. The fraction of sp³-hybridized carbons (Fsp3) is 0.455. The Kier molecular flexibility index (Phi) is 7.41. The van der Waals surface area contributed by atoms with Crippen molar-refractivity contribution in [1.29, 1.82) is 0 Å². The zero-order valence-corrected chi connectivity index (χ0v) is 17.5. The maximum atomic E-state index is 13.9. The minimum atomic E-state index is -0.308. The molecule has 1 N–H and O–H groups in total. The Bertz CT molecular complexity index is 816. The number of rotatable bonds is 6. The van der Waals surface area contributed by atoms with Gasteiger partial charge in [-0.3, -0.25) is 14.9 Å². The van der Waals surface area contributed by atoms with E-state index in [9.17, 15) is 4.39 Å². The van der Waals surface area contributed by atoms with Gasteiger partial charge in [0.2, 0.25) is 0 Å². The van der Waals surface area contributed by atoms with E-state index in [0.29, 0.717) is 0 Å². The average molecular weight is 400 g/mol. The first kappa shape index (κ1) is 21.0. The highest BCUT2D eigenvalue weighted by molar-refractivity contribution is 5.80. The number of guanidine groups is 1. The van der Waals surface area contributed by atoms with Crippen LogP contribution in [0.5, 0.6) is 5.75 Å². The van der Waals surface area contributed by atoms with Crippen LogP contribution in [-0.4, -0.2) is 67.6 Å². The van der Waals surface area contributed by atoms with Crippen molar-refractivity contribution in [3.8, 4) is 5.75 Å². The second-order valence-corrected chi connectivity index (χ2v) is 7.26. The zero-order chi connectivity index (χ0) is 20.6. The second kappa shape index (κ2) is 10.2. The molecule has 0 unspecified atom stereocenters. The molecule has 0 saturated carbocycles. The number of pyridine rings is 1. The van der Waals surface area contributed by atoms with Gasteiger partial charge < -0.3 is 15.0 Å². The quantitative estimate of drug-likeness (QED) is 0.597. The molecule has 3 rings (SSSR count). The van der Waals surface area contributed by atoms with Crippen LogP contribution >= 0.6 is 0 Å². The van der Waals surface area contributed by atoms with Crippen LogP contribution in [0.1, 0.15) is 16.8 Å². The molecule has 2 aromatic rings. The van der Waals surface area contributed by atoms with Gasteiger partial charge in [-0.1, -0.05) is 12.1 Å². The summed E-state index contributed by atoms with van der Waals surface area (Å²) in [5.74, 6) is 0.909. The first-order valence-electron chi connectivity index (χ1n) is 10.0. The number of nitrogens with zero attached hydrogens (tertiary/aromatic N) is 4. The lowest BCUT2D eigenvalue weighted by Gasteiger charge is -2.36. The van der Waals surface area contributed by atoms with Crippen LogP contribution in [0, 0.1) is 12.7 Å². The minimum Gasteiger partial charge on any atom is -0.494 e. The summed E-state index contributed by atoms with van der Waals surface area (Å²) in [4.78, 5) is 13.4. The lowest BCUT2D eigenvalue weighted by atomic mass is 10.2. The van der Waals surface area contributed by atoms with Gasteiger partial charge in [0.1, 0.15) is 0 Å². The summed E-state index contributed by atoms with van der Waals surface area (Å²) in [6.45, 7) is 7.17. The molecule has 0 atom stereocenters. The lowest BCUT2D eigenvalue weighted by molar-refractivity contribution is 0.172. The molecule has 7 heteroatoms. The van der Waals surface area contributed by atoms with Gasteiger partial charge in [0.05, 0.1) is 7.11 Å². The molecular formula is C22H30FN5O. The van der Waals surface area contributed by atoms with Crippen molar-refractivity contribution < 1.29 is 9.13 Å². The smallest absolute Gasteiger partial charge is 0.193 e. The van der Waals surface area contributed by atoms with E-state index in [-0.39, 0.29) is 11.6 Å². The molecule has 0 radical (unpaired) electrons. The maximum absolute atomic E-state index is 13.9. The molecule has 0 amide bonds. The molecular weight excluding hydrogens is 369 g/mol. The summed E-state index contributed by atoms with van der Waals surface area (Å²) in [6.07, 6.45) is 2.84. The van der Waals surface area contributed by atoms with Crippen LogP contribution in [0.3, 0.4) is 0 Å². The highest BCUT2D eigenvalue weighted by atomic mass is 19.1. The standard InChI is InChI=1S/C22H30FN5O/c1-17-4-5-18(15-26-17)8-9-25-22(24-2)28-12-10-27(11-13-28)16-19-6-7-21(29-3)20(23)14-19/h4-7,14-15H,8-13,16H2,1-3H3,(H,24,25). The van der Waals surface area contributed by atoms with E-state index in [0.717, 1.165) is 62.9 Å². The normalized spacial score (nSPS) is 15.4. The summed E-state index contributed by atoms with van der Waals surface area (Å²) in [5.41, 5.74) is 3.22. The Balaban J connectivity index is 1.44. The number of ether oxygens (including phenoxy) is 1. The zero-order valence-electron chi connectivity index (χ0n) is 17.5. The summed E-state index contributed by atoms with van der Waals surface area (Å²) < 4.78 is 18.9. The molecule has 1 saturated heterocycles. The van der Waals surface area contributed by atoms with E-state index in [1.807, 2.05) is 32.3 Å². The molecule has 156 valence electrons.